The molecule has 2 heterocycles. The van der Waals surface area contributed by atoms with Gasteiger partial charge < -0.3 is 24.3 Å². The summed E-state index contributed by atoms with van der Waals surface area (Å²) >= 11 is 0. The molecule has 0 aliphatic carbocycles. The van der Waals surface area contributed by atoms with Gasteiger partial charge in [-0.1, -0.05) is 0 Å². The summed E-state index contributed by atoms with van der Waals surface area (Å²) in [6, 6.07) is 7.13. The molecule has 3 rings (SSSR count). The van der Waals surface area contributed by atoms with Gasteiger partial charge in [-0.15, -0.1) is 0 Å². The molecule has 1 aromatic carbocycles. The first kappa shape index (κ1) is 19.2. The Hall–Kier alpha value is -2.54. The number of nitrogens with one attached hydrogen (secondary N) is 1. The molecule has 1 N–H and O–H groups in total. The van der Waals surface area contributed by atoms with Crippen LogP contribution in [0.5, 0.6) is 5.75 Å². The van der Waals surface area contributed by atoms with Crippen molar-refractivity contribution in [3.05, 3.63) is 53.1 Å². The molecule has 0 bridgehead atoms. The van der Waals surface area contributed by atoms with Crippen LogP contribution >= 0.6 is 0 Å². The number of halogens is 1. The third-order valence-corrected chi connectivity index (χ3v) is 4.54. The van der Waals surface area contributed by atoms with Gasteiger partial charge in [-0.05, 0) is 43.2 Å². The summed E-state index contributed by atoms with van der Waals surface area (Å²) in [4.78, 5) is 6.80. The molecule has 0 fully saturated rings. The summed E-state index contributed by atoms with van der Waals surface area (Å²) in [5.41, 5.74) is 2.79. The molecule has 0 radical (unpaired) electrons. The number of rotatable bonds is 6. The zero-order valence-corrected chi connectivity index (χ0v) is 16.2. The predicted molar refractivity (Wildman–Crippen MR) is 103 cm³/mol. The van der Waals surface area contributed by atoms with Gasteiger partial charge in [0.2, 0.25) is 0 Å². The van der Waals surface area contributed by atoms with Gasteiger partial charge in [0.25, 0.3) is 0 Å². The molecular weight excluding hydrogens is 347 g/mol. The van der Waals surface area contributed by atoms with Crippen LogP contribution in [0.4, 0.5) is 4.39 Å². The number of fused-ring (bicyclic) bond motifs is 1. The van der Waals surface area contributed by atoms with E-state index in [-0.39, 0.29) is 12.6 Å². The number of nitrogens with zero attached hydrogens (tertiary/aromatic N) is 3. The van der Waals surface area contributed by atoms with Crippen LogP contribution in [0, 0.1) is 5.82 Å². The Kier molecular flexibility index (Phi) is 6.34. The van der Waals surface area contributed by atoms with E-state index in [1.54, 1.807) is 0 Å². The molecule has 0 amide bonds. The van der Waals surface area contributed by atoms with E-state index in [1.165, 1.54) is 17.8 Å². The van der Waals surface area contributed by atoms with E-state index >= 15 is 0 Å². The fourth-order valence-electron chi connectivity index (χ4n) is 3.17. The molecule has 0 spiro atoms. The molecule has 2 aromatic rings. The first-order valence-electron chi connectivity index (χ1n) is 9.20. The number of ether oxygens (including phenoxy) is 2. The summed E-state index contributed by atoms with van der Waals surface area (Å²) in [6.07, 6.45) is 2.64. The SMILES string of the molecule is CCNC(=NCCc1cc(F)cc2c1OCOC2)N(C)Cc1cccn1C. The Morgan fingerprint density at radius 1 is 1.41 bits per heavy atom. The molecular formula is C20H27FN4O2. The van der Waals surface area contributed by atoms with Crippen molar-refractivity contribution in [1.82, 2.24) is 14.8 Å². The Balaban J connectivity index is 1.69. The Morgan fingerprint density at radius 3 is 3.00 bits per heavy atom. The zero-order chi connectivity index (χ0) is 19.2. The highest BCUT2D eigenvalue weighted by Crippen LogP contribution is 2.29. The lowest BCUT2D eigenvalue weighted by Crippen LogP contribution is -2.39. The number of aromatic nitrogens is 1. The molecule has 1 aliphatic heterocycles. The molecule has 0 unspecified atom stereocenters. The normalized spacial score (nSPS) is 13.9. The maximum Gasteiger partial charge on any atom is 0.194 e. The van der Waals surface area contributed by atoms with Crippen molar-refractivity contribution >= 4 is 5.96 Å². The highest BCUT2D eigenvalue weighted by Gasteiger charge is 2.17. The minimum absolute atomic E-state index is 0.205. The van der Waals surface area contributed by atoms with Crippen molar-refractivity contribution in [2.75, 3.05) is 26.9 Å². The molecule has 0 saturated carbocycles. The van der Waals surface area contributed by atoms with Crippen molar-refractivity contribution in [3.63, 3.8) is 0 Å². The maximum atomic E-state index is 13.9. The highest BCUT2D eigenvalue weighted by atomic mass is 19.1. The predicted octanol–water partition coefficient (Wildman–Crippen LogP) is 2.67. The van der Waals surface area contributed by atoms with Crippen molar-refractivity contribution < 1.29 is 13.9 Å². The maximum absolute atomic E-state index is 13.9. The molecule has 1 aliphatic rings. The first-order valence-corrected chi connectivity index (χ1v) is 9.20. The van der Waals surface area contributed by atoms with Crippen LogP contribution in [0.3, 0.4) is 0 Å². The lowest BCUT2D eigenvalue weighted by Gasteiger charge is -2.23. The van der Waals surface area contributed by atoms with Crippen LogP contribution in [0.2, 0.25) is 0 Å². The number of benzene rings is 1. The number of hydrogen-bond acceptors (Lipinski definition) is 3. The van der Waals surface area contributed by atoms with Crippen LogP contribution in [0.1, 0.15) is 23.7 Å². The average Bonchev–Trinajstić information content (AvgIpc) is 3.05. The highest BCUT2D eigenvalue weighted by molar-refractivity contribution is 5.79. The Morgan fingerprint density at radius 2 is 2.26 bits per heavy atom. The topological polar surface area (TPSA) is 51.0 Å². The van der Waals surface area contributed by atoms with E-state index in [1.807, 2.05) is 33.3 Å². The monoisotopic (exact) mass is 374 g/mol. The smallest absolute Gasteiger partial charge is 0.194 e. The largest absolute Gasteiger partial charge is 0.467 e. The lowest BCUT2D eigenvalue weighted by molar-refractivity contribution is -0.0172. The van der Waals surface area contributed by atoms with Crippen molar-refractivity contribution in [1.29, 1.82) is 0 Å². The average molecular weight is 374 g/mol. The summed E-state index contributed by atoms with van der Waals surface area (Å²) in [6.45, 7) is 4.71. The first-order chi connectivity index (χ1) is 13.1. The van der Waals surface area contributed by atoms with E-state index in [0.717, 1.165) is 35.9 Å². The zero-order valence-electron chi connectivity index (χ0n) is 16.2. The van der Waals surface area contributed by atoms with Crippen molar-refractivity contribution in [2.45, 2.75) is 26.5 Å². The lowest BCUT2D eigenvalue weighted by atomic mass is 10.1. The number of aryl methyl sites for hydroxylation is 1. The molecule has 146 valence electrons. The van der Waals surface area contributed by atoms with Gasteiger partial charge in [0.15, 0.2) is 12.8 Å². The van der Waals surface area contributed by atoms with E-state index < -0.39 is 0 Å². The van der Waals surface area contributed by atoms with Crippen LogP contribution in [0.25, 0.3) is 0 Å². The van der Waals surface area contributed by atoms with E-state index in [4.69, 9.17) is 14.5 Å². The van der Waals surface area contributed by atoms with E-state index in [2.05, 4.69) is 20.9 Å². The standard InChI is InChI=1S/C20H27FN4O2/c1-4-22-20(25(3)12-18-6-5-9-24(18)2)23-8-7-15-10-17(21)11-16-13-26-14-27-19(15)16/h5-6,9-11H,4,7-8,12-14H2,1-3H3,(H,22,23). The third-order valence-electron chi connectivity index (χ3n) is 4.54. The van der Waals surface area contributed by atoms with Gasteiger partial charge in [-0.25, -0.2) is 4.39 Å². The summed E-state index contributed by atoms with van der Waals surface area (Å²) < 4.78 is 26.8. The molecule has 0 saturated heterocycles. The Labute approximate surface area is 159 Å². The number of guanidine groups is 1. The minimum Gasteiger partial charge on any atom is -0.467 e. The van der Waals surface area contributed by atoms with Gasteiger partial charge in [0, 0.05) is 44.6 Å². The van der Waals surface area contributed by atoms with Crippen LogP contribution < -0.4 is 10.1 Å². The van der Waals surface area contributed by atoms with Crippen LogP contribution in [0.15, 0.2) is 35.5 Å². The second-order valence-electron chi connectivity index (χ2n) is 6.62. The third kappa shape index (κ3) is 4.80. The number of hydrogen-bond donors (Lipinski definition) is 1. The van der Waals surface area contributed by atoms with Crippen molar-refractivity contribution in [2.24, 2.45) is 12.0 Å². The summed E-state index contributed by atoms with van der Waals surface area (Å²) in [7, 11) is 4.04. The van der Waals surface area contributed by atoms with Crippen LogP contribution in [-0.2, 0) is 31.4 Å². The van der Waals surface area contributed by atoms with Gasteiger partial charge in [-0.3, -0.25) is 4.99 Å². The van der Waals surface area contributed by atoms with Crippen LogP contribution in [-0.4, -0.2) is 42.4 Å². The van der Waals surface area contributed by atoms with Crippen molar-refractivity contribution in [3.8, 4) is 5.75 Å². The fourth-order valence-corrected chi connectivity index (χ4v) is 3.17. The second-order valence-corrected chi connectivity index (χ2v) is 6.62. The van der Waals surface area contributed by atoms with Gasteiger partial charge in [0.05, 0.1) is 13.2 Å². The quantitative estimate of drug-likeness (QED) is 0.624. The molecule has 27 heavy (non-hydrogen) atoms. The second kappa shape index (κ2) is 8.90. The van der Waals surface area contributed by atoms with Gasteiger partial charge >= 0.3 is 0 Å². The molecule has 1 aromatic heterocycles. The van der Waals surface area contributed by atoms with E-state index in [9.17, 15) is 4.39 Å². The van der Waals surface area contributed by atoms with E-state index in [0.29, 0.717) is 19.6 Å². The van der Waals surface area contributed by atoms with Gasteiger partial charge in [0.1, 0.15) is 11.6 Å². The van der Waals surface area contributed by atoms with Gasteiger partial charge in [-0.2, -0.15) is 0 Å². The molecule has 0 atom stereocenters. The Bertz CT molecular complexity index is 803. The fraction of sp³-hybridized carbons (Fsp3) is 0.450. The summed E-state index contributed by atoms with van der Waals surface area (Å²) in [5.74, 6) is 1.29. The molecule has 7 heteroatoms. The minimum atomic E-state index is -0.269. The summed E-state index contributed by atoms with van der Waals surface area (Å²) in [5, 5.41) is 3.32. The molecule has 6 nitrogen and oxygen atoms in total. The number of aliphatic imine (C=N–C) groups is 1.